The van der Waals surface area contributed by atoms with Gasteiger partial charge in [-0.2, -0.15) is 35.3 Å². The molecule has 3 amide bonds. The summed E-state index contributed by atoms with van der Waals surface area (Å²) in [6, 6.07) is 41.0. The minimum Gasteiger partial charge on any atom is -0.497 e. The third kappa shape index (κ3) is 22.4. The largest absolute Gasteiger partial charge is 0.497 e. The smallest absolute Gasteiger partial charge is 0.251 e. The first-order valence-electron chi connectivity index (χ1n) is 23.3. The Hall–Kier alpha value is -5.82. The summed E-state index contributed by atoms with van der Waals surface area (Å²) >= 11 is 5.21. The number of rotatable bonds is 19. The summed E-state index contributed by atoms with van der Waals surface area (Å²) in [6.07, 6.45) is 16.5. The first-order chi connectivity index (χ1) is 33.7. The Kier molecular flexibility index (Phi) is 31.1. The van der Waals surface area contributed by atoms with E-state index < -0.39 is 0 Å². The van der Waals surface area contributed by atoms with Crippen LogP contribution >= 0.6 is 35.3 Å². The fourth-order valence-electron chi connectivity index (χ4n) is 6.14. The van der Waals surface area contributed by atoms with Crippen molar-refractivity contribution in [3.05, 3.63) is 168 Å². The molecule has 6 rings (SSSR count). The fourth-order valence-corrected chi connectivity index (χ4v) is 7.27. The Bertz CT molecular complexity index is 2270. The summed E-state index contributed by atoms with van der Waals surface area (Å²) < 4.78 is 15.8. The van der Waals surface area contributed by atoms with Crippen LogP contribution in [0.15, 0.2) is 146 Å². The number of nitrogens with zero attached hydrogens (tertiary/aromatic N) is 3. The molecule has 0 bridgehead atoms. The molecule has 0 fully saturated rings. The molecule has 0 saturated heterocycles. The lowest BCUT2D eigenvalue weighted by Crippen LogP contribution is -2.31. The molecule has 1 aliphatic heterocycles. The number of hydrogen-bond donors (Lipinski definition) is 0. The molecule has 0 unspecified atom stereocenters. The van der Waals surface area contributed by atoms with Gasteiger partial charge in [0.2, 0.25) is 12.7 Å². The van der Waals surface area contributed by atoms with E-state index in [9.17, 15) is 14.4 Å². The molecule has 370 valence electrons. The van der Waals surface area contributed by atoms with Gasteiger partial charge in [-0.1, -0.05) is 112 Å². The van der Waals surface area contributed by atoms with Crippen LogP contribution < -0.4 is 24.0 Å². The van der Waals surface area contributed by atoms with Crippen LogP contribution in [0.3, 0.4) is 0 Å². The molecule has 0 spiro atoms. The summed E-state index contributed by atoms with van der Waals surface area (Å²) in [5.74, 6) is 5.09. The minimum atomic E-state index is -0.0343. The number of likely N-dealkylation sites (N-methyl/N-ethyl adjacent to an activating group) is 1. The topological polar surface area (TPSA) is 88.6 Å². The Labute approximate surface area is 426 Å². The number of hydrogen-bond acceptors (Lipinski definition) is 9. The Morgan fingerprint density at radius 3 is 1.43 bits per heavy atom. The second-order valence-electron chi connectivity index (χ2n) is 14.3. The Balaban J connectivity index is 0.000000345. The van der Waals surface area contributed by atoms with Gasteiger partial charge in [0.15, 0.2) is 11.5 Å². The van der Waals surface area contributed by atoms with Crippen molar-refractivity contribution in [2.45, 2.75) is 41.5 Å². The van der Waals surface area contributed by atoms with Crippen molar-refractivity contribution in [2.24, 2.45) is 0 Å². The molecular weight excluding hydrogens is 919 g/mol. The van der Waals surface area contributed by atoms with E-state index in [0.717, 1.165) is 69.9 Å². The molecule has 1 heterocycles. The third-order valence-corrected chi connectivity index (χ3v) is 11.6. The number of carbonyl (C=O) groups excluding carboxylic acids is 3. The van der Waals surface area contributed by atoms with Gasteiger partial charge in [0.25, 0.3) is 11.8 Å². The van der Waals surface area contributed by atoms with Crippen LogP contribution in [0.25, 0.3) is 18.2 Å². The quantitative estimate of drug-likeness (QED) is 0.0751. The zero-order valence-electron chi connectivity index (χ0n) is 42.3. The summed E-state index contributed by atoms with van der Waals surface area (Å²) in [6.45, 7) is 15.2. The van der Waals surface area contributed by atoms with Crippen molar-refractivity contribution in [3.63, 3.8) is 0 Å². The summed E-state index contributed by atoms with van der Waals surface area (Å²) in [7, 11) is 1.64. The van der Waals surface area contributed by atoms with E-state index in [-0.39, 0.29) is 24.5 Å². The van der Waals surface area contributed by atoms with Crippen molar-refractivity contribution in [1.82, 2.24) is 4.90 Å². The number of benzene rings is 5. The molecule has 69 heavy (non-hydrogen) atoms. The highest BCUT2D eigenvalue weighted by Crippen LogP contribution is 2.33. The molecule has 1 aliphatic rings. The van der Waals surface area contributed by atoms with E-state index >= 15 is 0 Å². The zero-order chi connectivity index (χ0) is 50.7. The highest BCUT2D eigenvalue weighted by Gasteiger charge is 2.15. The van der Waals surface area contributed by atoms with Crippen LogP contribution in [0.1, 0.15) is 56.9 Å². The van der Waals surface area contributed by atoms with Gasteiger partial charge in [0, 0.05) is 73.0 Å². The number of aryl methyl sites for hydroxylation is 1. The number of para-hydroxylation sites is 2. The summed E-state index contributed by atoms with van der Waals surface area (Å²) in [4.78, 5) is 42.6. The highest BCUT2D eigenvalue weighted by molar-refractivity contribution is 7.99. The van der Waals surface area contributed by atoms with E-state index in [4.69, 9.17) is 14.2 Å². The highest BCUT2D eigenvalue weighted by atomic mass is 32.2. The van der Waals surface area contributed by atoms with Gasteiger partial charge in [-0.05, 0) is 116 Å². The van der Waals surface area contributed by atoms with Crippen LogP contribution in [-0.4, -0.2) is 98.7 Å². The van der Waals surface area contributed by atoms with Crippen LogP contribution in [0.4, 0.5) is 11.4 Å². The van der Waals surface area contributed by atoms with E-state index in [1.54, 1.807) is 71.6 Å². The molecule has 0 aromatic heterocycles. The second kappa shape index (κ2) is 36.2. The van der Waals surface area contributed by atoms with E-state index in [1.165, 1.54) is 5.56 Å². The van der Waals surface area contributed by atoms with Gasteiger partial charge in [-0.15, -0.1) is 0 Å². The second-order valence-corrected chi connectivity index (χ2v) is 17.3. The standard InChI is InChI=1S/C19H19NO3S.C19H21NOS.C15H21NO2S.2C2H6/c1-24-12-11-20(16-5-3-2-4-6-16)19(21)10-8-15-7-9-17-18(13-15)23-14-22-17;1-16-8-10-17(11-9-16)12-13-19(21)20(14-15-22-2)18-6-4-3-5-7-18;1-4-16(11-12-19-3)15(17)10-7-13-5-8-14(18-2)9-6-13;2*1-2/h2-10,13H,11-12,14H2,1H3;3-13H,14-15H2,1-2H3;5-10H,4,11-12H2,1-3H3;2*1-2H3/b10-8+;13-12+;10-7+;;. The minimum absolute atomic E-state index is 0.0147. The normalized spacial score (nSPS) is 10.9. The Morgan fingerprint density at radius 2 is 0.971 bits per heavy atom. The van der Waals surface area contributed by atoms with E-state index in [2.05, 4.69) is 13.2 Å². The number of ether oxygens (including phenoxy) is 3. The number of methoxy groups -OCH3 is 1. The maximum Gasteiger partial charge on any atom is 0.251 e. The maximum atomic E-state index is 12.6. The molecular formula is C57H73N3O6S3. The van der Waals surface area contributed by atoms with Gasteiger partial charge >= 0.3 is 0 Å². The van der Waals surface area contributed by atoms with E-state index in [0.29, 0.717) is 18.8 Å². The summed E-state index contributed by atoms with van der Waals surface area (Å²) in [5, 5.41) is 0. The molecule has 5 aromatic rings. The number of carbonyl (C=O) groups is 3. The van der Waals surface area contributed by atoms with Crippen LogP contribution in [-0.2, 0) is 14.4 Å². The predicted molar refractivity (Wildman–Crippen MR) is 302 cm³/mol. The SMILES string of the molecule is CC.CC.CCN(CCSC)C(=O)/C=C/c1ccc(OC)cc1.CSCCN(C(=O)/C=C/c1ccc(C)cc1)c1ccccc1.CSCCN(C(=O)/C=C/c1ccc2c(c1)OCO2)c1ccccc1. The third-order valence-electron chi connectivity index (χ3n) is 9.81. The Morgan fingerprint density at radius 1 is 0.551 bits per heavy atom. The first-order valence-corrected chi connectivity index (χ1v) is 27.5. The van der Waals surface area contributed by atoms with Crippen molar-refractivity contribution in [2.75, 3.05) is 85.9 Å². The predicted octanol–water partition coefficient (Wildman–Crippen LogP) is 13.2. The van der Waals surface area contributed by atoms with Gasteiger partial charge in [0.05, 0.1) is 7.11 Å². The number of anilines is 2. The number of amides is 3. The fraction of sp³-hybridized carbons (Fsp3) is 0.316. The lowest BCUT2D eigenvalue weighted by atomic mass is 10.1. The summed E-state index contributed by atoms with van der Waals surface area (Å²) in [5.41, 5.74) is 6.01. The lowest BCUT2D eigenvalue weighted by molar-refractivity contribution is -0.125. The van der Waals surface area contributed by atoms with Gasteiger partial charge < -0.3 is 28.9 Å². The molecule has 5 aromatic carbocycles. The average molecular weight is 992 g/mol. The van der Waals surface area contributed by atoms with Crippen LogP contribution in [0.5, 0.6) is 17.2 Å². The molecule has 0 N–H and O–H groups in total. The van der Waals surface area contributed by atoms with Crippen molar-refractivity contribution in [3.8, 4) is 17.2 Å². The number of thioether (sulfide) groups is 3. The average Bonchev–Trinajstić information content (AvgIpc) is 3.88. The number of fused-ring (bicyclic) bond motifs is 1. The maximum absolute atomic E-state index is 12.6. The van der Waals surface area contributed by atoms with E-state index in [1.807, 2.05) is 196 Å². The van der Waals surface area contributed by atoms with Crippen LogP contribution in [0.2, 0.25) is 0 Å². The van der Waals surface area contributed by atoms with Crippen LogP contribution in [0, 0.1) is 6.92 Å². The van der Waals surface area contributed by atoms with Gasteiger partial charge in [-0.3, -0.25) is 14.4 Å². The molecule has 9 nitrogen and oxygen atoms in total. The van der Waals surface area contributed by atoms with Gasteiger partial charge in [-0.25, -0.2) is 0 Å². The van der Waals surface area contributed by atoms with Crippen molar-refractivity contribution in [1.29, 1.82) is 0 Å². The molecule has 0 aliphatic carbocycles. The lowest BCUT2D eigenvalue weighted by Gasteiger charge is -2.21. The molecule has 12 heteroatoms. The monoisotopic (exact) mass is 991 g/mol. The molecule has 0 radical (unpaired) electrons. The van der Waals surface area contributed by atoms with Crippen molar-refractivity contribution < 1.29 is 28.6 Å². The molecule has 0 saturated carbocycles. The first kappa shape index (κ1) is 59.3. The van der Waals surface area contributed by atoms with Crippen molar-refractivity contribution >= 4 is 82.6 Å². The zero-order valence-corrected chi connectivity index (χ0v) is 44.7. The molecule has 0 atom stereocenters. The van der Waals surface area contributed by atoms with Gasteiger partial charge in [0.1, 0.15) is 5.75 Å².